The van der Waals surface area contributed by atoms with E-state index in [1.165, 1.54) is 5.69 Å². The van der Waals surface area contributed by atoms with Gasteiger partial charge in [0.15, 0.2) is 0 Å². The number of rotatable bonds is 2. The molecule has 5 heteroatoms. The molecule has 2 aliphatic heterocycles. The minimum absolute atomic E-state index is 0.0775. The molecule has 0 saturated carbocycles. The third kappa shape index (κ3) is 2.27. The lowest BCUT2D eigenvalue weighted by molar-refractivity contribution is -0.134. The highest BCUT2D eigenvalue weighted by Crippen LogP contribution is 2.26. The largest absolute Gasteiger partial charge is 0.348 e. The molecule has 1 amide bonds. The number of imidazole rings is 1. The van der Waals surface area contributed by atoms with E-state index in [9.17, 15) is 4.79 Å². The van der Waals surface area contributed by atoms with E-state index < -0.39 is 0 Å². The van der Waals surface area contributed by atoms with Crippen molar-refractivity contribution in [2.45, 2.75) is 37.6 Å². The summed E-state index contributed by atoms with van der Waals surface area (Å²) in [5, 5.41) is 3.29. The topological polar surface area (TPSA) is 61.0 Å². The first kappa shape index (κ1) is 11.7. The summed E-state index contributed by atoms with van der Waals surface area (Å²) in [7, 11) is 0. The molecule has 0 bridgehead atoms. The first-order chi connectivity index (χ1) is 8.84. The highest BCUT2D eigenvalue weighted by Gasteiger charge is 2.30. The van der Waals surface area contributed by atoms with E-state index in [1.807, 2.05) is 11.1 Å². The van der Waals surface area contributed by atoms with Crippen molar-refractivity contribution in [1.29, 1.82) is 0 Å². The van der Waals surface area contributed by atoms with E-state index in [0.717, 1.165) is 45.3 Å². The number of likely N-dealkylation sites (tertiary alicyclic amines) is 1. The summed E-state index contributed by atoms with van der Waals surface area (Å²) in [6.45, 7) is 2.74. The Morgan fingerprint density at radius 2 is 2.17 bits per heavy atom. The third-order valence-electron chi connectivity index (χ3n) is 4.12. The van der Waals surface area contributed by atoms with Crippen molar-refractivity contribution in [1.82, 2.24) is 20.2 Å². The number of piperidine rings is 1. The molecule has 1 atom stereocenters. The van der Waals surface area contributed by atoms with Crippen molar-refractivity contribution in [2.75, 3.05) is 19.6 Å². The molecule has 2 N–H and O–H groups in total. The van der Waals surface area contributed by atoms with E-state index in [4.69, 9.17) is 0 Å². The van der Waals surface area contributed by atoms with Crippen LogP contribution >= 0.6 is 0 Å². The van der Waals surface area contributed by atoms with Crippen LogP contribution in [-0.2, 0) is 4.79 Å². The summed E-state index contributed by atoms with van der Waals surface area (Å²) in [5.41, 5.74) is 1.21. The monoisotopic (exact) mass is 248 g/mol. The van der Waals surface area contributed by atoms with Gasteiger partial charge in [-0.2, -0.15) is 0 Å². The zero-order valence-corrected chi connectivity index (χ0v) is 10.6. The van der Waals surface area contributed by atoms with Gasteiger partial charge in [0, 0.05) is 30.9 Å². The molecule has 18 heavy (non-hydrogen) atoms. The molecule has 1 aromatic rings. The maximum atomic E-state index is 12.2. The molecule has 1 unspecified atom stereocenters. The van der Waals surface area contributed by atoms with Crippen LogP contribution in [0.15, 0.2) is 12.5 Å². The second kappa shape index (κ2) is 5.10. The molecule has 0 spiro atoms. The molecule has 0 aromatic carbocycles. The van der Waals surface area contributed by atoms with Crippen LogP contribution in [0, 0.1) is 0 Å². The molecule has 3 rings (SSSR count). The number of H-pyrrole nitrogens is 1. The van der Waals surface area contributed by atoms with E-state index in [-0.39, 0.29) is 6.04 Å². The summed E-state index contributed by atoms with van der Waals surface area (Å²) >= 11 is 0. The number of nitrogens with one attached hydrogen (secondary N) is 2. The van der Waals surface area contributed by atoms with Gasteiger partial charge in [-0.15, -0.1) is 0 Å². The van der Waals surface area contributed by atoms with Crippen molar-refractivity contribution in [3.05, 3.63) is 18.2 Å². The molecule has 0 radical (unpaired) electrons. The summed E-state index contributed by atoms with van der Waals surface area (Å²) in [6, 6.07) is 0.0775. The molecule has 2 fully saturated rings. The van der Waals surface area contributed by atoms with Crippen LogP contribution in [0.1, 0.15) is 37.3 Å². The van der Waals surface area contributed by atoms with E-state index in [0.29, 0.717) is 11.8 Å². The number of carbonyl (C=O) groups excluding carboxylic acids is 1. The predicted molar refractivity (Wildman–Crippen MR) is 68.2 cm³/mol. The van der Waals surface area contributed by atoms with Crippen LogP contribution in [0.2, 0.25) is 0 Å². The molecule has 5 nitrogen and oxygen atoms in total. The second-order valence-corrected chi connectivity index (χ2v) is 5.26. The van der Waals surface area contributed by atoms with Gasteiger partial charge >= 0.3 is 0 Å². The third-order valence-corrected chi connectivity index (χ3v) is 4.12. The number of hydrogen-bond donors (Lipinski definition) is 2. The van der Waals surface area contributed by atoms with Crippen molar-refractivity contribution in [2.24, 2.45) is 0 Å². The van der Waals surface area contributed by atoms with Crippen molar-refractivity contribution in [3.8, 4) is 0 Å². The highest BCUT2D eigenvalue weighted by molar-refractivity contribution is 5.82. The molecule has 98 valence electrons. The zero-order chi connectivity index (χ0) is 12.4. The molecular weight excluding hydrogens is 228 g/mol. The Morgan fingerprint density at radius 3 is 2.78 bits per heavy atom. The molecule has 1 aromatic heterocycles. The van der Waals surface area contributed by atoms with Crippen LogP contribution in [0.5, 0.6) is 0 Å². The maximum absolute atomic E-state index is 12.2. The smallest absolute Gasteiger partial charge is 0.239 e. The second-order valence-electron chi connectivity index (χ2n) is 5.26. The van der Waals surface area contributed by atoms with Crippen molar-refractivity contribution in [3.63, 3.8) is 0 Å². The standard InChI is InChI=1S/C13H20N4O/c18-13(11-2-1-5-15-11)17-6-3-10(4-7-17)12-8-14-9-16-12/h8-11,15H,1-7H2,(H,14,16). The molecular formula is C13H20N4O. The fourth-order valence-electron chi connectivity index (χ4n) is 3.02. The first-order valence-electron chi connectivity index (χ1n) is 6.85. The van der Waals surface area contributed by atoms with E-state index in [1.54, 1.807) is 6.33 Å². The lowest BCUT2D eigenvalue weighted by Gasteiger charge is -2.33. The van der Waals surface area contributed by atoms with Gasteiger partial charge in [0.25, 0.3) is 0 Å². The summed E-state index contributed by atoms with van der Waals surface area (Å²) < 4.78 is 0. The van der Waals surface area contributed by atoms with Gasteiger partial charge in [0.05, 0.1) is 12.4 Å². The van der Waals surface area contributed by atoms with Crippen LogP contribution in [-0.4, -0.2) is 46.5 Å². The van der Waals surface area contributed by atoms with Gasteiger partial charge in [-0.25, -0.2) is 4.98 Å². The van der Waals surface area contributed by atoms with Gasteiger partial charge in [-0.1, -0.05) is 0 Å². The van der Waals surface area contributed by atoms with E-state index >= 15 is 0 Å². The van der Waals surface area contributed by atoms with Crippen molar-refractivity contribution >= 4 is 5.91 Å². The summed E-state index contributed by atoms with van der Waals surface area (Å²) in [6.07, 6.45) is 7.84. The summed E-state index contributed by atoms with van der Waals surface area (Å²) in [4.78, 5) is 21.5. The fraction of sp³-hybridized carbons (Fsp3) is 0.692. The molecule has 0 aliphatic carbocycles. The van der Waals surface area contributed by atoms with Crippen LogP contribution < -0.4 is 5.32 Å². The minimum atomic E-state index is 0.0775. The Kier molecular flexibility index (Phi) is 3.32. The molecule has 3 heterocycles. The van der Waals surface area contributed by atoms with Crippen LogP contribution in [0.4, 0.5) is 0 Å². The number of aromatic nitrogens is 2. The van der Waals surface area contributed by atoms with Gasteiger partial charge < -0.3 is 15.2 Å². The lowest BCUT2D eigenvalue weighted by atomic mass is 9.93. The van der Waals surface area contributed by atoms with Gasteiger partial charge in [-0.05, 0) is 32.2 Å². The average Bonchev–Trinajstić information content (AvgIpc) is 3.11. The first-order valence-corrected chi connectivity index (χ1v) is 6.85. The predicted octanol–water partition coefficient (Wildman–Crippen LogP) is 0.868. The van der Waals surface area contributed by atoms with Crippen LogP contribution in [0.25, 0.3) is 0 Å². The Morgan fingerprint density at radius 1 is 1.33 bits per heavy atom. The Balaban J connectivity index is 1.55. The normalized spacial score (nSPS) is 25.6. The number of amides is 1. The Labute approximate surface area is 107 Å². The number of hydrogen-bond acceptors (Lipinski definition) is 3. The zero-order valence-electron chi connectivity index (χ0n) is 10.6. The number of nitrogens with zero attached hydrogens (tertiary/aromatic N) is 2. The number of aromatic amines is 1. The quantitative estimate of drug-likeness (QED) is 0.816. The highest BCUT2D eigenvalue weighted by atomic mass is 16.2. The van der Waals surface area contributed by atoms with Crippen molar-refractivity contribution < 1.29 is 4.79 Å². The SMILES string of the molecule is O=C(C1CCCN1)N1CCC(c2cnc[nH]2)CC1. The van der Waals surface area contributed by atoms with E-state index in [2.05, 4.69) is 15.3 Å². The van der Waals surface area contributed by atoms with Gasteiger partial charge in [0.1, 0.15) is 0 Å². The van der Waals surface area contributed by atoms with Crippen LogP contribution in [0.3, 0.4) is 0 Å². The number of carbonyl (C=O) groups is 1. The Bertz CT molecular complexity index is 389. The van der Waals surface area contributed by atoms with Gasteiger partial charge in [0.2, 0.25) is 5.91 Å². The molecule has 2 saturated heterocycles. The average molecular weight is 248 g/mol. The maximum Gasteiger partial charge on any atom is 0.239 e. The minimum Gasteiger partial charge on any atom is -0.348 e. The molecule has 2 aliphatic rings. The Hall–Kier alpha value is -1.36. The summed E-state index contributed by atoms with van der Waals surface area (Å²) in [5.74, 6) is 0.837. The lowest BCUT2D eigenvalue weighted by Crippen LogP contribution is -2.46. The van der Waals surface area contributed by atoms with Gasteiger partial charge in [-0.3, -0.25) is 4.79 Å². The fourth-order valence-corrected chi connectivity index (χ4v) is 3.02.